The van der Waals surface area contributed by atoms with Gasteiger partial charge in [0.25, 0.3) is 5.56 Å². The van der Waals surface area contributed by atoms with Crippen molar-refractivity contribution in [1.29, 1.82) is 0 Å². The number of pyridine rings is 1. The van der Waals surface area contributed by atoms with E-state index in [2.05, 4.69) is 38.6 Å². The molecule has 3 unspecified atom stereocenters. The van der Waals surface area contributed by atoms with E-state index in [-0.39, 0.29) is 17.5 Å². The first-order chi connectivity index (χ1) is 14.6. The molecule has 1 N–H and O–H groups in total. The molecule has 30 heavy (non-hydrogen) atoms. The van der Waals surface area contributed by atoms with E-state index in [4.69, 9.17) is 0 Å². The summed E-state index contributed by atoms with van der Waals surface area (Å²) in [7, 11) is 0. The van der Waals surface area contributed by atoms with Crippen molar-refractivity contribution in [2.45, 2.75) is 31.8 Å². The van der Waals surface area contributed by atoms with Gasteiger partial charge in [0, 0.05) is 42.2 Å². The van der Waals surface area contributed by atoms with Crippen LogP contribution in [0.4, 0.5) is 0 Å². The number of thiazole rings is 1. The fourth-order valence-corrected chi connectivity index (χ4v) is 7.19. The second-order valence-corrected chi connectivity index (χ2v) is 10.2. The normalized spacial score (nSPS) is 22.3. The molecule has 6 rings (SSSR count). The highest BCUT2D eigenvalue weighted by molar-refractivity contribution is 7.17. The molecule has 0 aliphatic carbocycles. The minimum Gasteiger partial charge on any atom is -0.492 e. The molecule has 3 atom stereocenters. The summed E-state index contributed by atoms with van der Waals surface area (Å²) in [5.74, 6) is 1.58. The van der Waals surface area contributed by atoms with Gasteiger partial charge in [-0.1, -0.05) is 23.5 Å². The molecule has 2 bridgehead atoms. The standard InChI is InChI=1S/C21H21N5O2S2/c1-12-22-21-26(23-12)20(28)19(30-21)18(16-5-3-7-29-16)24-9-13-8-14(11-24)15-4-2-6-17(27)25(15)10-13/h2-7,13-14,18,28H,8-11H2,1H3. The average Bonchev–Trinajstić information content (AvgIpc) is 3.43. The fraction of sp³-hybridized carbons (Fsp3) is 0.381. The highest BCUT2D eigenvalue weighted by atomic mass is 32.1. The van der Waals surface area contributed by atoms with Gasteiger partial charge in [0.2, 0.25) is 10.8 Å². The zero-order chi connectivity index (χ0) is 20.4. The molecule has 0 aromatic carbocycles. The molecule has 9 heteroatoms. The maximum absolute atomic E-state index is 12.4. The van der Waals surface area contributed by atoms with Crippen LogP contribution in [0.5, 0.6) is 5.88 Å². The minimum absolute atomic E-state index is 0.0360. The van der Waals surface area contributed by atoms with Crippen molar-refractivity contribution in [3.05, 3.63) is 67.3 Å². The van der Waals surface area contributed by atoms with Gasteiger partial charge in [-0.2, -0.15) is 4.52 Å². The highest BCUT2D eigenvalue weighted by Crippen LogP contribution is 2.45. The van der Waals surface area contributed by atoms with Crippen molar-refractivity contribution >= 4 is 27.6 Å². The molecule has 1 fully saturated rings. The maximum Gasteiger partial charge on any atom is 0.250 e. The lowest BCUT2D eigenvalue weighted by Gasteiger charge is -2.45. The highest BCUT2D eigenvalue weighted by Gasteiger charge is 2.39. The molecule has 0 saturated carbocycles. The minimum atomic E-state index is -0.0360. The molecule has 6 heterocycles. The van der Waals surface area contributed by atoms with E-state index in [9.17, 15) is 9.90 Å². The molecule has 0 amide bonds. The van der Waals surface area contributed by atoms with Crippen LogP contribution < -0.4 is 5.56 Å². The van der Waals surface area contributed by atoms with Crippen molar-refractivity contribution in [2.75, 3.05) is 13.1 Å². The molecular formula is C21H21N5O2S2. The van der Waals surface area contributed by atoms with E-state index in [1.165, 1.54) is 16.2 Å². The third-order valence-corrected chi connectivity index (χ3v) is 8.24. The quantitative estimate of drug-likeness (QED) is 0.530. The average molecular weight is 440 g/mol. The van der Waals surface area contributed by atoms with Crippen LogP contribution in [0.15, 0.2) is 40.5 Å². The van der Waals surface area contributed by atoms with Gasteiger partial charge >= 0.3 is 0 Å². The SMILES string of the molecule is Cc1nc2sc(C(c3cccs3)N3CC4CC(C3)c3cccc(=O)n3C4)c(O)n2n1. The smallest absolute Gasteiger partial charge is 0.250 e. The Morgan fingerprint density at radius 3 is 2.90 bits per heavy atom. The number of fused-ring (bicyclic) bond motifs is 5. The molecular weight excluding hydrogens is 418 g/mol. The largest absolute Gasteiger partial charge is 0.492 e. The van der Waals surface area contributed by atoms with Gasteiger partial charge in [-0.15, -0.1) is 16.4 Å². The number of hydrogen-bond donors (Lipinski definition) is 1. The van der Waals surface area contributed by atoms with Crippen LogP contribution in [0.1, 0.15) is 39.7 Å². The zero-order valence-corrected chi connectivity index (χ0v) is 18.1. The summed E-state index contributed by atoms with van der Waals surface area (Å²) in [5, 5.41) is 17.4. The lowest BCUT2D eigenvalue weighted by Crippen LogP contribution is -2.48. The summed E-state index contributed by atoms with van der Waals surface area (Å²) in [6.07, 6.45) is 1.11. The fourth-order valence-electron chi connectivity index (χ4n) is 5.09. The number of aryl methyl sites for hydroxylation is 1. The van der Waals surface area contributed by atoms with Gasteiger partial charge in [0.1, 0.15) is 5.82 Å². The van der Waals surface area contributed by atoms with E-state index in [0.717, 1.165) is 41.6 Å². The predicted octanol–water partition coefficient (Wildman–Crippen LogP) is 3.24. The lowest BCUT2D eigenvalue weighted by atomic mass is 9.82. The first kappa shape index (κ1) is 18.3. The van der Waals surface area contributed by atoms with E-state index in [1.807, 2.05) is 17.6 Å². The second-order valence-electron chi connectivity index (χ2n) is 8.21. The number of nitrogens with zero attached hydrogens (tertiary/aromatic N) is 5. The van der Waals surface area contributed by atoms with Gasteiger partial charge in [0.15, 0.2) is 0 Å². The molecule has 7 nitrogen and oxygen atoms in total. The summed E-state index contributed by atoms with van der Waals surface area (Å²) in [6, 6.07) is 9.79. The molecule has 154 valence electrons. The maximum atomic E-state index is 12.4. The number of piperidine rings is 1. The summed E-state index contributed by atoms with van der Waals surface area (Å²) in [5.41, 5.74) is 1.24. The third-order valence-electron chi connectivity index (χ3n) is 6.24. The number of thiophene rings is 1. The van der Waals surface area contributed by atoms with Gasteiger partial charge in [0.05, 0.1) is 10.9 Å². The van der Waals surface area contributed by atoms with Crippen molar-refractivity contribution in [1.82, 2.24) is 24.1 Å². The van der Waals surface area contributed by atoms with Gasteiger partial charge in [-0.25, -0.2) is 4.98 Å². The topological polar surface area (TPSA) is 75.7 Å². The van der Waals surface area contributed by atoms with Crippen molar-refractivity contribution in [3.63, 3.8) is 0 Å². The Hall–Kier alpha value is -2.49. The summed E-state index contributed by atoms with van der Waals surface area (Å²) < 4.78 is 3.51. The molecule has 2 aliphatic rings. The Morgan fingerprint density at radius 2 is 2.10 bits per heavy atom. The van der Waals surface area contributed by atoms with Crippen LogP contribution in [0.3, 0.4) is 0 Å². The van der Waals surface area contributed by atoms with E-state index in [0.29, 0.717) is 17.7 Å². The molecule has 1 saturated heterocycles. The van der Waals surface area contributed by atoms with E-state index >= 15 is 0 Å². The number of rotatable bonds is 3. The van der Waals surface area contributed by atoms with Crippen LogP contribution in [0, 0.1) is 12.8 Å². The van der Waals surface area contributed by atoms with Crippen LogP contribution in [-0.4, -0.2) is 42.3 Å². The Morgan fingerprint density at radius 1 is 1.20 bits per heavy atom. The molecule has 2 aliphatic heterocycles. The number of aromatic nitrogens is 4. The Labute approximate surface area is 180 Å². The monoisotopic (exact) mass is 439 g/mol. The number of aromatic hydroxyl groups is 1. The first-order valence-corrected chi connectivity index (χ1v) is 11.8. The van der Waals surface area contributed by atoms with Gasteiger partial charge < -0.3 is 9.67 Å². The van der Waals surface area contributed by atoms with Crippen molar-refractivity contribution in [3.8, 4) is 5.88 Å². The van der Waals surface area contributed by atoms with Crippen LogP contribution in [-0.2, 0) is 6.54 Å². The van der Waals surface area contributed by atoms with Crippen LogP contribution in [0.2, 0.25) is 0 Å². The van der Waals surface area contributed by atoms with E-state index < -0.39 is 0 Å². The second kappa shape index (κ2) is 6.76. The van der Waals surface area contributed by atoms with E-state index in [1.54, 1.807) is 21.9 Å². The van der Waals surface area contributed by atoms with Crippen molar-refractivity contribution in [2.24, 2.45) is 5.92 Å². The Kier molecular flexibility index (Phi) is 4.12. The summed E-state index contributed by atoms with van der Waals surface area (Å²) in [6.45, 7) is 4.35. The Balaban J connectivity index is 1.43. The van der Waals surface area contributed by atoms with Gasteiger partial charge in [-0.05, 0) is 36.8 Å². The Bertz CT molecular complexity index is 1290. The lowest BCUT2D eigenvalue weighted by molar-refractivity contribution is 0.0964. The zero-order valence-electron chi connectivity index (χ0n) is 16.4. The van der Waals surface area contributed by atoms with Crippen molar-refractivity contribution < 1.29 is 5.11 Å². The van der Waals surface area contributed by atoms with Crippen LogP contribution >= 0.6 is 22.7 Å². The molecule has 4 aromatic rings. The summed E-state index contributed by atoms with van der Waals surface area (Å²) >= 11 is 3.22. The summed E-state index contributed by atoms with van der Waals surface area (Å²) in [4.78, 5) is 22.1. The number of hydrogen-bond acceptors (Lipinski definition) is 7. The molecule has 4 aromatic heterocycles. The van der Waals surface area contributed by atoms with Crippen LogP contribution in [0.25, 0.3) is 4.96 Å². The predicted molar refractivity (Wildman–Crippen MR) is 117 cm³/mol. The first-order valence-electron chi connectivity index (χ1n) is 10.1. The molecule has 0 radical (unpaired) electrons. The molecule has 0 spiro atoms. The number of likely N-dealkylation sites (tertiary alicyclic amines) is 1. The third kappa shape index (κ3) is 2.76. The van der Waals surface area contributed by atoms with Gasteiger partial charge in [-0.3, -0.25) is 9.69 Å².